The van der Waals surface area contributed by atoms with Crippen LogP contribution in [0.5, 0.6) is 11.5 Å². The van der Waals surface area contributed by atoms with E-state index in [0.717, 1.165) is 12.3 Å². The average molecular weight is 248 g/mol. The lowest BCUT2D eigenvalue weighted by molar-refractivity contribution is 0.102. The minimum Gasteiger partial charge on any atom is -0.507 e. The molecule has 0 spiro atoms. The third kappa shape index (κ3) is 2.37. The molecule has 3 N–H and O–H groups in total. The van der Waals surface area contributed by atoms with Crippen molar-refractivity contribution in [1.82, 2.24) is 4.98 Å². The first kappa shape index (κ1) is 11.8. The number of carbonyl (C=O) groups is 1. The molecule has 18 heavy (non-hydrogen) atoms. The standard InChI is InChI=1S/C12H9FN2O3/c13-7-4-5-10(14-6-7)15-12(18)11-8(16)2-1-3-9(11)17/h1-6,16-17H,(H,14,15,18). The number of halogens is 1. The fourth-order valence-electron chi connectivity index (χ4n) is 1.39. The highest BCUT2D eigenvalue weighted by molar-refractivity contribution is 6.07. The predicted molar refractivity (Wildman–Crippen MR) is 61.9 cm³/mol. The molecule has 1 amide bonds. The monoisotopic (exact) mass is 248 g/mol. The maximum atomic E-state index is 12.6. The van der Waals surface area contributed by atoms with Gasteiger partial charge >= 0.3 is 0 Å². The second kappa shape index (κ2) is 4.70. The molecule has 2 aromatic rings. The summed E-state index contributed by atoms with van der Waals surface area (Å²) in [6.45, 7) is 0. The van der Waals surface area contributed by atoms with Crippen molar-refractivity contribution in [2.45, 2.75) is 0 Å². The van der Waals surface area contributed by atoms with Crippen molar-refractivity contribution < 1.29 is 19.4 Å². The molecule has 0 radical (unpaired) electrons. The summed E-state index contributed by atoms with van der Waals surface area (Å²) in [5.74, 6) is -1.85. The van der Waals surface area contributed by atoms with Gasteiger partial charge in [0.15, 0.2) is 0 Å². The third-order valence-corrected chi connectivity index (χ3v) is 2.22. The Kier molecular flexibility index (Phi) is 3.09. The van der Waals surface area contributed by atoms with Crippen molar-refractivity contribution in [3.05, 3.63) is 47.9 Å². The number of phenols is 2. The minimum absolute atomic E-state index is 0.115. The summed E-state index contributed by atoms with van der Waals surface area (Å²) in [6.07, 6.45) is 0.945. The van der Waals surface area contributed by atoms with Gasteiger partial charge in [0.05, 0.1) is 6.20 Å². The maximum absolute atomic E-state index is 12.6. The Morgan fingerprint density at radius 1 is 1.17 bits per heavy atom. The van der Waals surface area contributed by atoms with E-state index in [1.165, 1.54) is 24.3 Å². The fraction of sp³-hybridized carbons (Fsp3) is 0. The zero-order valence-corrected chi connectivity index (χ0v) is 9.09. The average Bonchev–Trinajstić information content (AvgIpc) is 2.32. The van der Waals surface area contributed by atoms with Gasteiger partial charge in [0.1, 0.15) is 28.7 Å². The van der Waals surface area contributed by atoms with Crippen molar-refractivity contribution in [3.63, 3.8) is 0 Å². The molecule has 0 unspecified atom stereocenters. The van der Waals surface area contributed by atoms with Crippen LogP contribution in [0, 0.1) is 5.82 Å². The molecule has 6 heteroatoms. The van der Waals surface area contributed by atoms with Crippen LogP contribution < -0.4 is 5.32 Å². The molecule has 1 heterocycles. The van der Waals surface area contributed by atoms with Gasteiger partial charge in [0.2, 0.25) is 0 Å². The summed E-state index contributed by atoms with van der Waals surface area (Å²) in [6, 6.07) is 6.34. The van der Waals surface area contributed by atoms with Gasteiger partial charge in [-0.2, -0.15) is 0 Å². The van der Waals surface area contributed by atoms with Crippen LogP contribution in [-0.4, -0.2) is 21.1 Å². The first-order valence-corrected chi connectivity index (χ1v) is 5.02. The smallest absolute Gasteiger partial charge is 0.264 e. The number of anilines is 1. The van der Waals surface area contributed by atoms with Crippen LogP contribution in [0.15, 0.2) is 36.5 Å². The highest BCUT2D eigenvalue weighted by Crippen LogP contribution is 2.26. The summed E-state index contributed by atoms with van der Waals surface area (Å²) in [7, 11) is 0. The van der Waals surface area contributed by atoms with Gasteiger partial charge < -0.3 is 15.5 Å². The maximum Gasteiger partial charge on any atom is 0.264 e. The number of hydrogen-bond acceptors (Lipinski definition) is 4. The summed E-state index contributed by atoms with van der Waals surface area (Å²) >= 11 is 0. The van der Waals surface area contributed by atoms with E-state index >= 15 is 0 Å². The molecule has 0 aliphatic carbocycles. The van der Waals surface area contributed by atoms with E-state index in [4.69, 9.17) is 0 Å². The van der Waals surface area contributed by atoms with Crippen LogP contribution in [0.2, 0.25) is 0 Å². The summed E-state index contributed by atoms with van der Waals surface area (Å²) in [4.78, 5) is 15.4. The number of carbonyl (C=O) groups excluding carboxylic acids is 1. The molecule has 0 atom stereocenters. The van der Waals surface area contributed by atoms with Crippen molar-refractivity contribution in [2.24, 2.45) is 0 Å². The predicted octanol–water partition coefficient (Wildman–Crippen LogP) is 1.88. The van der Waals surface area contributed by atoms with Crippen molar-refractivity contribution >= 4 is 11.7 Å². The first-order valence-electron chi connectivity index (χ1n) is 5.02. The molecule has 92 valence electrons. The van der Waals surface area contributed by atoms with Crippen molar-refractivity contribution in [2.75, 3.05) is 5.32 Å². The van der Waals surface area contributed by atoms with E-state index in [-0.39, 0.29) is 22.9 Å². The number of pyridine rings is 1. The van der Waals surface area contributed by atoms with Gasteiger partial charge in [0.25, 0.3) is 5.91 Å². The van der Waals surface area contributed by atoms with Crippen LogP contribution in [0.1, 0.15) is 10.4 Å². The molecule has 1 aromatic heterocycles. The van der Waals surface area contributed by atoms with Gasteiger partial charge in [-0.25, -0.2) is 9.37 Å². The molecule has 0 aliphatic heterocycles. The Morgan fingerprint density at radius 3 is 2.39 bits per heavy atom. The summed E-state index contributed by atoms with van der Waals surface area (Å²) < 4.78 is 12.6. The third-order valence-electron chi connectivity index (χ3n) is 2.22. The minimum atomic E-state index is -0.732. The number of hydrogen-bond donors (Lipinski definition) is 3. The SMILES string of the molecule is O=C(Nc1ccc(F)cn1)c1c(O)cccc1O. The highest BCUT2D eigenvalue weighted by Gasteiger charge is 2.16. The highest BCUT2D eigenvalue weighted by atomic mass is 19.1. The number of nitrogens with zero attached hydrogens (tertiary/aromatic N) is 1. The van der Waals surface area contributed by atoms with E-state index in [1.54, 1.807) is 0 Å². The van der Waals surface area contributed by atoms with Crippen LogP contribution >= 0.6 is 0 Å². The number of phenolic OH excluding ortho intramolecular Hbond substituents is 2. The Labute approximate surface area is 102 Å². The molecule has 0 bridgehead atoms. The normalized spacial score (nSPS) is 10.1. The van der Waals surface area contributed by atoms with Gasteiger partial charge in [0, 0.05) is 0 Å². The zero-order valence-electron chi connectivity index (χ0n) is 9.09. The molecule has 2 rings (SSSR count). The van der Waals surface area contributed by atoms with E-state index in [0.29, 0.717) is 0 Å². The van der Waals surface area contributed by atoms with Gasteiger partial charge in [-0.05, 0) is 24.3 Å². The number of amides is 1. The van der Waals surface area contributed by atoms with E-state index in [2.05, 4.69) is 10.3 Å². The van der Waals surface area contributed by atoms with Gasteiger partial charge in [-0.3, -0.25) is 4.79 Å². The first-order chi connectivity index (χ1) is 8.58. The quantitative estimate of drug-likeness (QED) is 0.757. The number of benzene rings is 1. The van der Waals surface area contributed by atoms with E-state index < -0.39 is 11.7 Å². The largest absolute Gasteiger partial charge is 0.507 e. The van der Waals surface area contributed by atoms with Crippen LogP contribution in [0.25, 0.3) is 0 Å². The molecule has 0 saturated carbocycles. The second-order valence-electron chi connectivity index (χ2n) is 3.49. The van der Waals surface area contributed by atoms with Crippen molar-refractivity contribution in [3.8, 4) is 11.5 Å². The number of aromatic nitrogens is 1. The summed E-state index contributed by atoms with van der Waals surface area (Å²) in [5, 5.41) is 21.3. The summed E-state index contributed by atoms with van der Waals surface area (Å²) in [5.41, 5.74) is -0.261. The molecule has 0 fully saturated rings. The molecule has 0 saturated heterocycles. The Hall–Kier alpha value is -2.63. The zero-order chi connectivity index (χ0) is 13.1. The number of rotatable bonds is 2. The van der Waals surface area contributed by atoms with Crippen molar-refractivity contribution in [1.29, 1.82) is 0 Å². The van der Waals surface area contributed by atoms with Crippen LogP contribution in [-0.2, 0) is 0 Å². The Bertz CT molecular complexity index is 564. The molecule has 0 aliphatic rings. The Morgan fingerprint density at radius 2 is 1.83 bits per heavy atom. The lowest BCUT2D eigenvalue weighted by Crippen LogP contribution is -2.13. The van der Waals surface area contributed by atoms with E-state index in [1.807, 2.05) is 0 Å². The number of aromatic hydroxyl groups is 2. The topological polar surface area (TPSA) is 82.5 Å². The van der Waals surface area contributed by atoms with Crippen LogP contribution in [0.4, 0.5) is 10.2 Å². The van der Waals surface area contributed by atoms with Gasteiger partial charge in [-0.1, -0.05) is 6.07 Å². The molecule has 1 aromatic carbocycles. The lowest BCUT2D eigenvalue weighted by atomic mass is 10.1. The van der Waals surface area contributed by atoms with Gasteiger partial charge in [-0.15, -0.1) is 0 Å². The lowest BCUT2D eigenvalue weighted by Gasteiger charge is -2.07. The molecular weight excluding hydrogens is 239 g/mol. The van der Waals surface area contributed by atoms with E-state index in [9.17, 15) is 19.4 Å². The molecular formula is C12H9FN2O3. The fourth-order valence-corrected chi connectivity index (χ4v) is 1.39. The number of nitrogens with one attached hydrogen (secondary N) is 1. The second-order valence-corrected chi connectivity index (χ2v) is 3.49. The van der Waals surface area contributed by atoms with Crippen LogP contribution in [0.3, 0.4) is 0 Å². The molecule has 5 nitrogen and oxygen atoms in total. The Balaban J connectivity index is 2.25.